The van der Waals surface area contributed by atoms with Gasteiger partial charge in [-0.1, -0.05) is 25.4 Å². The van der Waals surface area contributed by atoms with Gasteiger partial charge in [0.25, 0.3) is 0 Å². The van der Waals surface area contributed by atoms with E-state index in [1.165, 1.54) is 4.88 Å². The fraction of sp³-hybridized carbons (Fsp3) is 0.467. The van der Waals surface area contributed by atoms with Gasteiger partial charge in [-0.3, -0.25) is 0 Å². The molecule has 0 bridgehead atoms. The van der Waals surface area contributed by atoms with E-state index in [1.54, 1.807) is 11.3 Å². The zero-order chi connectivity index (χ0) is 15.4. The smallest absolute Gasteiger partial charge is 0.135 e. The second kappa shape index (κ2) is 7.09. The van der Waals surface area contributed by atoms with Crippen LogP contribution in [0.3, 0.4) is 0 Å². The van der Waals surface area contributed by atoms with Gasteiger partial charge in [-0.15, -0.1) is 11.3 Å². The van der Waals surface area contributed by atoms with E-state index in [0.717, 1.165) is 28.3 Å². The highest BCUT2D eigenvalue weighted by atomic mass is 35.5. The zero-order valence-electron chi connectivity index (χ0n) is 12.8. The van der Waals surface area contributed by atoms with Crippen LogP contribution in [-0.2, 0) is 0 Å². The van der Waals surface area contributed by atoms with E-state index in [4.69, 9.17) is 11.6 Å². The van der Waals surface area contributed by atoms with Crippen LogP contribution >= 0.6 is 22.9 Å². The Kier molecular flexibility index (Phi) is 5.42. The van der Waals surface area contributed by atoms with Gasteiger partial charge >= 0.3 is 0 Å². The van der Waals surface area contributed by atoms with Crippen molar-refractivity contribution in [3.05, 3.63) is 33.2 Å². The third kappa shape index (κ3) is 4.32. The van der Waals surface area contributed by atoms with Crippen molar-refractivity contribution in [2.45, 2.75) is 39.7 Å². The van der Waals surface area contributed by atoms with E-state index in [-0.39, 0.29) is 12.0 Å². The van der Waals surface area contributed by atoms with Crippen molar-refractivity contribution >= 4 is 34.6 Å². The highest BCUT2D eigenvalue weighted by molar-refractivity contribution is 7.16. The van der Waals surface area contributed by atoms with Gasteiger partial charge in [0.15, 0.2) is 0 Å². The molecule has 0 fully saturated rings. The molecule has 0 aliphatic carbocycles. The molecule has 0 radical (unpaired) electrons. The molecule has 2 aromatic rings. The van der Waals surface area contributed by atoms with Crippen LogP contribution in [0.25, 0.3) is 0 Å². The maximum Gasteiger partial charge on any atom is 0.135 e. The molecule has 0 saturated heterocycles. The molecular weight excluding hydrogens is 304 g/mol. The van der Waals surface area contributed by atoms with Crippen molar-refractivity contribution in [3.8, 4) is 0 Å². The molecule has 2 heterocycles. The summed E-state index contributed by atoms with van der Waals surface area (Å²) in [5.74, 6) is 2.82. The first-order valence-corrected chi connectivity index (χ1v) is 8.33. The summed E-state index contributed by atoms with van der Waals surface area (Å²) < 4.78 is 0.803. The molecule has 114 valence electrons. The van der Waals surface area contributed by atoms with E-state index >= 15 is 0 Å². The Labute approximate surface area is 135 Å². The Morgan fingerprint density at radius 2 is 1.90 bits per heavy atom. The number of halogens is 1. The Bertz CT molecular complexity index is 597. The third-order valence-electron chi connectivity index (χ3n) is 3.00. The van der Waals surface area contributed by atoms with Gasteiger partial charge in [0.1, 0.15) is 17.5 Å². The number of hydrogen-bond donors (Lipinski definition) is 2. The summed E-state index contributed by atoms with van der Waals surface area (Å²) in [6, 6.07) is 6.07. The lowest BCUT2D eigenvalue weighted by molar-refractivity contribution is 0.770. The summed E-state index contributed by atoms with van der Waals surface area (Å²) in [5, 5.41) is 6.68. The first-order chi connectivity index (χ1) is 9.99. The zero-order valence-corrected chi connectivity index (χ0v) is 14.3. The number of hydrogen-bond acceptors (Lipinski definition) is 5. The molecule has 2 rings (SSSR count). The largest absolute Gasteiger partial charge is 0.370 e. The molecule has 0 aliphatic rings. The number of nitrogens with zero attached hydrogens (tertiary/aromatic N) is 2. The molecule has 0 aromatic carbocycles. The van der Waals surface area contributed by atoms with Crippen LogP contribution in [0.5, 0.6) is 0 Å². The van der Waals surface area contributed by atoms with Crippen molar-refractivity contribution in [2.24, 2.45) is 0 Å². The summed E-state index contributed by atoms with van der Waals surface area (Å²) in [6.45, 7) is 9.19. The molecule has 2 N–H and O–H groups in total. The quantitative estimate of drug-likeness (QED) is 0.791. The summed E-state index contributed by atoms with van der Waals surface area (Å²) in [4.78, 5) is 10.3. The van der Waals surface area contributed by atoms with E-state index in [2.05, 4.69) is 48.3 Å². The Morgan fingerprint density at radius 3 is 2.48 bits per heavy atom. The van der Waals surface area contributed by atoms with Gasteiger partial charge in [0.2, 0.25) is 0 Å². The van der Waals surface area contributed by atoms with E-state index in [0.29, 0.717) is 0 Å². The Balaban J connectivity index is 2.21. The maximum atomic E-state index is 6.00. The van der Waals surface area contributed by atoms with Crippen molar-refractivity contribution in [1.82, 2.24) is 9.97 Å². The van der Waals surface area contributed by atoms with Crippen LogP contribution in [-0.4, -0.2) is 16.5 Å². The van der Waals surface area contributed by atoms with Crippen LogP contribution < -0.4 is 10.6 Å². The van der Waals surface area contributed by atoms with Crippen LogP contribution in [0.4, 0.5) is 11.6 Å². The second-order valence-electron chi connectivity index (χ2n) is 5.19. The monoisotopic (exact) mass is 324 g/mol. The van der Waals surface area contributed by atoms with Gasteiger partial charge < -0.3 is 10.6 Å². The number of anilines is 2. The first kappa shape index (κ1) is 16.0. The lowest BCUT2D eigenvalue weighted by Gasteiger charge is -2.16. The van der Waals surface area contributed by atoms with Gasteiger partial charge in [-0.25, -0.2) is 9.97 Å². The lowest BCUT2D eigenvalue weighted by Crippen LogP contribution is -2.11. The summed E-state index contributed by atoms with van der Waals surface area (Å²) in [7, 11) is 0. The van der Waals surface area contributed by atoms with Gasteiger partial charge in [-0.05, 0) is 26.0 Å². The van der Waals surface area contributed by atoms with Gasteiger partial charge in [0.05, 0.1) is 10.4 Å². The number of aromatic nitrogens is 2. The van der Waals surface area contributed by atoms with Crippen LogP contribution in [0.15, 0.2) is 18.2 Å². The molecule has 1 atom stereocenters. The van der Waals surface area contributed by atoms with Gasteiger partial charge in [0, 0.05) is 23.4 Å². The predicted molar refractivity (Wildman–Crippen MR) is 91.7 cm³/mol. The standard InChI is InChI=1S/C15H21ClN4S/c1-5-17-13-8-14(20-15(19-13)9(2)3)18-10(4)11-6-7-12(16)21-11/h6-10H,5H2,1-4H3,(H2,17,18,19,20). The highest BCUT2D eigenvalue weighted by Gasteiger charge is 2.12. The lowest BCUT2D eigenvalue weighted by atomic mass is 10.2. The fourth-order valence-corrected chi connectivity index (χ4v) is 2.99. The Hall–Kier alpha value is -1.33. The number of rotatable bonds is 6. The maximum absolute atomic E-state index is 6.00. The second-order valence-corrected chi connectivity index (χ2v) is 6.94. The minimum Gasteiger partial charge on any atom is -0.370 e. The molecule has 0 amide bonds. The average Bonchev–Trinajstić information content (AvgIpc) is 2.85. The molecule has 1 unspecified atom stereocenters. The van der Waals surface area contributed by atoms with Crippen molar-refractivity contribution in [3.63, 3.8) is 0 Å². The normalized spacial score (nSPS) is 12.5. The molecule has 0 aliphatic heterocycles. The summed E-state index contributed by atoms with van der Waals surface area (Å²) >= 11 is 7.58. The van der Waals surface area contributed by atoms with E-state index < -0.39 is 0 Å². The highest BCUT2D eigenvalue weighted by Crippen LogP contribution is 2.29. The SMILES string of the molecule is CCNc1cc(NC(C)c2ccc(Cl)s2)nc(C(C)C)n1. The topological polar surface area (TPSA) is 49.8 Å². The third-order valence-corrected chi connectivity index (χ3v) is 4.42. The predicted octanol–water partition coefficient (Wildman–Crippen LogP) is 4.92. The van der Waals surface area contributed by atoms with E-state index in [1.807, 2.05) is 18.2 Å². The summed E-state index contributed by atoms with van der Waals surface area (Å²) in [6.07, 6.45) is 0. The summed E-state index contributed by atoms with van der Waals surface area (Å²) in [5.41, 5.74) is 0. The Morgan fingerprint density at radius 1 is 1.19 bits per heavy atom. The fourth-order valence-electron chi connectivity index (χ4n) is 1.92. The van der Waals surface area contributed by atoms with Crippen molar-refractivity contribution in [1.29, 1.82) is 0 Å². The average molecular weight is 325 g/mol. The van der Waals surface area contributed by atoms with Crippen molar-refractivity contribution < 1.29 is 0 Å². The minimum atomic E-state index is 0.159. The van der Waals surface area contributed by atoms with Gasteiger partial charge in [-0.2, -0.15) is 0 Å². The molecular formula is C15H21ClN4S. The molecule has 21 heavy (non-hydrogen) atoms. The molecule has 2 aromatic heterocycles. The number of thiophene rings is 1. The molecule has 4 nitrogen and oxygen atoms in total. The molecule has 0 saturated carbocycles. The number of nitrogens with one attached hydrogen (secondary N) is 2. The van der Waals surface area contributed by atoms with Crippen molar-refractivity contribution in [2.75, 3.05) is 17.2 Å². The minimum absolute atomic E-state index is 0.159. The molecule has 6 heteroatoms. The van der Waals surface area contributed by atoms with Crippen LogP contribution in [0.2, 0.25) is 4.34 Å². The van der Waals surface area contributed by atoms with E-state index in [9.17, 15) is 0 Å². The van der Waals surface area contributed by atoms with Crippen LogP contribution in [0, 0.1) is 0 Å². The first-order valence-electron chi connectivity index (χ1n) is 7.14. The van der Waals surface area contributed by atoms with Crippen LogP contribution in [0.1, 0.15) is 50.4 Å². The molecule has 0 spiro atoms.